The number of aromatic nitrogens is 2. The molecular weight excluding hydrogens is 312 g/mol. The maximum Gasteiger partial charge on any atom is 0.233 e. The van der Waals surface area contributed by atoms with Crippen molar-refractivity contribution in [2.45, 2.75) is 0 Å². The number of benzene rings is 1. The van der Waals surface area contributed by atoms with Crippen molar-refractivity contribution in [2.75, 3.05) is 0 Å². The Morgan fingerprint density at radius 1 is 1.07 bits per heavy atom. The first-order chi connectivity index (χ1) is 6.72. The van der Waals surface area contributed by atoms with Gasteiger partial charge in [-0.3, -0.25) is 4.79 Å². The van der Waals surface area contributed by atoms with Gasteiger partial charge in [0.2, 0.25) is 6.29 Å². The molecule has 14 heavy (non-hydrogen) atoms. The van der Waals surface area contributed by atoms with Gasteiger partial charge < -0.3 is 0 Å². The summed E-state index contributed by atoms with van der Waals surface area (Å²) >= 11 is 6.55. The number of halogens is 2. The van der Waals surface area contributed by atoms with Gasteiger partial charge in [0, 0.05) is 16.3 Å². The van der Waals surface area contributed by atoms with Gasteiger partial charge in [-0.05, 0) is 37.9 Å². The van der Waals surface area contributed by atoms with Crippen molar-refractivity contribution < 1.29 is 4.79 Å². The van der Waals surface area contributed by atoms with Crippen LogP contribution in [0.3, 0.4) is 0 Å². The minimum absolute atomic E-state index is 0.498. The maximum absolute atomic E-state index is 10.5. The molecule has 0 saturated heterocycles. The van der Waals surface area contributed by atoms with Crippen LogP contribution in [0, 0.1) is 0 Å². The smallest absolute Gasteiger partial charge is 0.233 e. The Kier molecular flexibility index (Phi) is 2.60. The highest BCUT2D eigenvalue weighted by molar-refractivity contribution is 9.11. The summed E-state index contributed by atoms with van der Waals surface area (Å²) in [6.45, 7) is 0. The Bertz CT molecular complexity index is 513. The molecule has 0 fully saturated rings. The molecule has 0 aliphatic carbocycles. The molecule has 2 rings (SSSR count). The molecule has 2 aromatic rings. The molecule has 1 radical (unpaired) electrons. The van der Waals surface area contributed by atoms with Crippen LogP contribution >= 0.6 is 31.9 Å². The fourth-order valence-corrected chi connectivity index (χ4v) is 1.99. The number of hydrogen-bond donors (Lipinski definition) is 0. The molecule has 0 aliphatic heterocycles. The third-order valence-corrected chi connectivity index (χ3v) is 2.98. The van der Waals surface area contributed by atoms with Crippen LogP contribution in [0.4, 0.5) is 0 Å². The lowest BCUT2D eigenvalue weighted by molar-refractivity contribution is 0.563. The van der Waals surface area contributed by atoms with Gasteiger partial charge in [0.15, 0.2) is 0 Å². The Labute approximate surface area is 96.8 Å². The van der Waals surface area contributed by atoms with Crippen LogP contribution in [-0.4, -0.2) is 16.5 Å². The molecule has 0 amide bonds. The van der Waals surface area contributed by atoms with Crippen molar-refractivity contribution in [2.24, 2.45) is 0 Å². The van der Waals surface area contributed by atoms with Crippen LogP contribution in [0.1, 0.15) is 5.56 Å². The second kappa shape index (κ2) is 3.74. The Morgan fingerprint density at radius 3 is 2.36 bits per heavy atom. The van der Waals surface area contributed by atoms with Gasteiger partial charge in [-0.15, -0.1) is 10.2 Å². The maximum atomic E-state index is 10.5. The predicted octanol–water partition coefficient (Wildman–Crippen LogP) is 2.61. The van der Waals surface area contributed by atoms with Gasteiger partial charge in [-0.2, -0.15) is 0 Å². The molecule has 1 aromatic heterocycles. The number of rotatable bonds is 1. The van der Waals surface area contributed by atoms with Gasteiger partial charge in [-0.1, -0.05) is 12.1 Å². The Morgan fingerprint density at radius 2 is 1.71 bits per heavy atom. The predicted molar refractivity (Wildman–Crippen MR) is 59.7 cm³/mol. The molecular formula is C9H3Br2N2O. The summed E-state index contributed by atoms with van der Waals surface area (Å²) in [5, 5.41) is 9.50. The molecule has 0 N–H and O–H groups in total. The fourth-order valence-electron chi connectivity index (χ4n) is 1.15. The number of hydrogen-bond acceptors (Lipinski definition) is 3. The van der Waals surface area contributed by atoms with Gasteiger partial charge in [0.05, 0.1) is 0 Å². The molecule has 0 spiro atoms. The minimum Gasteiger partial charge on any atom is -0.285 e. The van der Waals surface area contributed by atoms with Crippen LogP contribution in [-0.2, 0) is 4.79 Å². The van der Waals surface area contributed by atoms with Crippen molar-refractivity contribution in [1.82, 2.24) is 10.2 Å². The van der Waals surface area contributed by atoms with Crippen molar-refractivity contribution in [3.05, 3.63) is 33.0 Å². The monoisotopic (exact) mass is 313 g/mol. The molecule has 0 saturated carbocycles. The highest BCUT2D eigenvalue weighted by Crippen LogP contribution is 2.26. The van der Waals surface area contributed by atoms with Gasteiger partial charge in [-0.25, -0.2) is 0 Å². The Hall–Kier alpha value is -0.810. The average molecular weight is 315 g/mol. The molecule has 0 aliphatic rings. The van der Waals surface area contributed by atoms with E-state index in [0.29, 0.717) is 14.8 Å². The summed E-state index contributed by atoms with van der Waals surface area (Å²) in [6.07, 6.45) is 1.83. The molecule has 1 heterocycles. The first kappa shape index (κ1) is 9.73. The topological polar surface area (TPSA) is 42.9 Å². The third kappa shape index (κ3) is 1.57. The summed E-state index contributed by atoms with van der Waals surface area (Å²) in [5.74, 6) is 0. The second-order valence-electron chi connectivity index (χ2n) is 2.64. The van der Waals surface area contributed by atoms with E-state index >= 15 is 0 Å². The lowest BCUT2D eigenvalue weighted by Crippen LogP contribution is -1.89. The van der Waals surface area contributed by atoms with Crippen LogP contribution in [0.5, 0.6) is 0 Å². The molecule has 0 unspecified atom stereocenters. The van der Waals surface area contributed by atoms with Gasteiger partial charge in [0.1, 0.15) is 9.21 Å². The number of carbonyl (C=O) groups excluding carboxylic acids is 1. The van der Waals surface area contributed by atoms with Crippen LogP contribution in [0.2, 0.25) is 0 Å². The lowest BCUT2D eigenvalue weighted by atomic mass is 10.1. The normalized spacial score (nSPS) is 10.4. The standard InChI is InChI=1S/C9H3Br2N2O/c10-8-6-2-1-5(4-14)3-7(6)9(11)13-12-8/h1-3H. The summed E-state index contributed by atoms with van der Waals surface area (Å²) < 4.78 is 1.28. The zero-order valence-corrected chi connectivity index (χ0v) is 9.96. The zero-order valence-electron chi connectivity index (χ0n) is 6.79. The zero-order chi connectivity index (χ0) is 10.1. The van der Waals surface area contributed by atoms with E-state index in [1.807, 2.05) is 6.29 Å². The number of nitrogens with zero attached hydrogens (tertiary/aromatic N) is 2. The Balaban J connectivity index is 2.86. The quantitative estimate of drug-likeness (QED) is 0.812. The molecule has 1 aromatic carbocycles. The van der Waals surface area contributed by atoms with Crippen LogP contribution in [0.15, 0.2) is 27.4 Å². The molecule has 0 bridgehead atoms. The first-order valence-electron chi connectivity index (χ1n) is 3.72. The molecule has 3 nitrogen and oxygen atoms in total. The van der Waals surface area contributed by atoms with E-state index in [-0.39, 0.29) is 0 Å². The third-order valence-electron chi connectivity index (χ3n) is 1.81. The highest BCUT2D eigenvalue weighted by Gasteiger charge is 2.06. The van der Waals surface area contributed by atoms with E-state index in [9.17, 15) is 4.79 Å². The van der Waals surface area contributed by atoms with Crippen LogP contribution in [0.25, 0.3) is 10.8 Å². The summed E-state index contributed by atoms with van der Waals surface area (Å²) in [7, 11) is 0. The number of fused-ring (bicyclic) bond motifs is 1. The molecule has 5 heteroatoms. The van der Waals surface area contributed by atoms with E-state index in [1.54, 1.807) is 18.2 Å². The van der Waals surface area contributed by atoms with Gasteiger partial charge in [0.25, 0.3) is 0 Å². The fraction of sp³-hybridized carbons (Fsp3) is 0. The minimum atomic E-state index is 0.498. The SMILES string of the molecule is O=[C]c1ccc2c(Br)nnc(Br)c2c1. The van der Waals surface area contributed by atoms with E-state index in [4.69, 9.17) is 0 Å². The average Bonchev–Trinajstić information content (AvgIpc) is 2.23. The lowest BCUT2D eigenvalue weighted by Gasteiger charge is -2.01. The van der Waals surface area contributed by atoms with Gasteiger partial charge >= 0.3 is 0 Å². The molecule has 0 atom stereocenters. The van der Waals surface area contributed by atoms with Crippen molar-refractivity contribution in [3.63, 3.8) is 0 Å². The van der Waals surface area contributed by atoms with E-state index < -0.39 is 0 Å². The van der Waals surface area contributed by atoms with Crippen molar-refractivity contribution in [1.29, 1.82) is 0 Å². The van der Waals surface area contributed by atoms with E-state index in [2.05, 4.69) is 42.1 Å². The molecule has 69 valence electrons. The first-order valence-corrected chi connectivity index (χ1v) is 5.30. The largest absolute Gasteiger partial charge is 0.285 e. The van der Waals surface area contributed by atoms with Crippen LogP contribution < -0.4 is 0 Å². The summed E-state index contributed by atoms with van der Waals surface area (Å²) in [4.78, 5) is 10.5. The van der Waals surface area contributed by atoms with Crippen molar-refractivity contribution >= 4 is 48.9 Å². The second-order valence-corrected chi connectivity index (χ2v) is 4.15. The van der Waals surface area contributed by atoms with E-state index in [1.165, 1.54) is 0 Å². The van der Waals surface area contributed by atoms with E-state index in [0.717, 1.165) is 10.8 Å². The summed E-state index contributed by atoms with van der Waals surface area (Å²) in [5.41, 5.74) is 0.498. The summed E-state index contributed by atoms with van der Waals surface area (Å²) in [6, 6.07) is 5.21. The van der Waals surface area contributed by atoms with Crippen molar-refractivity contribution in [3.8, 4) is 0 Å². The highest BCUT2D eigenvalue weighted by atomic mass is 79.9.